The summed E-state index contributed by atoms with van der Waals surface area (Å²) in [7, 11) is 0. The van der Waals surface area contributed by atoms with Gasteiger partial charge in [0, 0.05) is 22.8 Å². The lowest BCUT2D eigenvalue weighted by Gasteiger charge is -2.39. The van der Waals surface area contributed by atoms with E-state index in [0.717, 1.165) is 6.54 Å². The van der Waals surface area contributed by atoms with Crippen molar-refractivity contribution in [1.29, 1.82) is 0 Å². The van der Waals surface area contributed by atoms with Crippen molar-refractivity contribution >= 4 is 27.7 Å². The highest BCUT2D eigenvalue weighted by molar-refractivity contribution is 9.10. The maximum absolute atomic E-state index is 3.72. The van der Waals surface area contributed by atoms with E-state index in [2.05, 4.69) is 71.1 Å². The van der Waals surface area contributed by atoms with E-state index < -0.39 is 0 Å². The van der Waals surface area contributed by atoms with E-state index in [-0.39, 0.29) is 0 Å². The molecule has 0 aromatic heterocycles. The molecule has 1 aromatic rings. The van der Waals surface area contributed by atoms with E-state index in [1.165, 1.54) is 28.0 Å². The normalized spacial score (nSPS) is 23.6. The van der Waals surface area contributed by atoms with Crippen LogP contribution in [0.5, 0.6) is 0 Å². The Balaban J connectivity index is 1.96. The number of halogens is 1. The molecular formula is C14H20BrNS. The van der Waals surface area contributed by atoms with Gasteiger partial charge < -0.3 is 5.32 Å². The first-order valence-corrected chi connectivity index (χ1v) is 8.09. The highest BCUT2D eigenvalue weighted by Gasteiger charge is 2.31. The second-order valence-corrected chi connectivity index (χ2v) is 7.34. The third-order valence-electron chi connectivity index (χ3n) is 3.62. The summed E-state index contributed by atoms with van der Waals surface area (Å²) in [5.74, 6) is 2.54. The number of nitrogens with one attached hydrogen (secondary N) is 1. The van der Waals surface area contributed by atoms with E-state index in [0.29, 0.717) is 11.5 Å². The Hall–Kier alpha value is 0.01000. The molecule has 0 radical (unpaired) electrons. The van der Waals surface area contributed by atoms with Crippen LogP contribution in [0.15, 0.2) is 28.7 Å². The first-order chi connectivity index (χ1) is 8.09. The lowest BCUT2D eigenvalue weighted by molar-refractivity contribution is 0.245. The monoisotopic (exact) mass is 313 g/mol. The molecule has 1 aromatic carbocycles. The van der Waals surface area contributed by atoms with Gasteiger partial charge in [-0.25, -0.2) is 0 Å². The Labute approximate surface area is 117 Å². The molecule has 1 nitrogen and oxygen atoms in total. The summed E-state index contributed by atoms with van der Waals surface area (Å²) in [6, 6.07) is 9.07. The maximum atomic E-state index is 3.72. The number of hydrogen-bond donors (Lipinski definition) is 1. The van der Waals surface area contributed by atoms with E-state index in [1.54, 1.807) is 0 Å². The van der Waals surface area contributed by atoms with Crippen molar-refractivity contribution in [2.24, 2.45) is 5.41 Å². The predicted molar refractivity (Wildman–Crippen MR) is 80.5 cm³/mol. The SMILES string of the molecule is CC1(C)CCSCC1NCc1ccccc1Br. The molecule has 0 saturated carbocycles. The van der Waals surface area contributed by atoms with E-state index in [9.17, 15) is 0 Å². The zero-order valence-electron chi connectivity index (χ0n) is 10.5. The van der Waals surface area contributed by atoms with Crippen LogP contribution in [0.3, 0.4) is 0 Å². The van der Waals surface area contributed by atoms with Crippen molar-refractivity contribution in [1.82, 2.24) is 5.32 Å². The second-order valence-electron chi connectivity index (χ2n) is 5.34. The molecule has 3 heteroatoms. The van der Waals surface area contributed by atoms with Crippen LogP contribution in [0, 0.1) is 5.41 Å². The molecule has 0 bridgehead atoms. The Bertz CT molecular complexity index is 378. The van der Waals surface area contributed by atoms with Crippen LogP contribution in [0.4, 0.5) is 0 Å². The fourth-order valence-electron chi connectivity index (χ4n) is 2.15. The van der Waals surface area contributed by atoms with E-state index >= 15 is 0 Å². The van der Waals surface area contributed by atoms with Crippen LogP contribution >= 0.6 is 27.7 Å². The number of rotatable bonds is 3. The Morgan fingerprint density at radius 3 is 2.88 bits per heavy atom. The van der Waals surface area contributed by atoms with Crippen molar-refractivity contribution in [3.8, 4) is 0 Å². The van der Waals surface area contributed by atoms with Crippen LogP contribution in [-0.2, 0) is 6.54 Å². The molecule has 1 N–H and O–H groups in total. The highest BCUT2D eigenvalue weighted by Crippen LogP contribution is 2.34. The Kier molecular flexibility index (Phi) is 4.56. The molecule has 0 aliphatic carbocycles. The number of thioether (sulfide) groups is 1. The van der Waals surface area contributed by atoms with Crippen LogP contribution in [0.25, 0.3) is 0 Å². The molecule has 94 valence electrons. The van der Waals surface area contributed by atoms with Gasteiger partial charge in [-0.05, 0) is 29.2 Å². The number of benzene rings is 1. The average Bonchev–Trinajstić information content (AvgIpc) is 2.29. The van der Waals surface area contributed by atoms with Gasteiger partial charge in [-0.2, -0.15) is 11.8 Å². The molecular weight excluding hydrogens is 294 g/mol. The van der Waals surface area contributed by atoms with Gasteiger partial charge in [0.1, 0.15) is 0 Å². The van der Waals surface area contributed by atoms with Gasteiger partial charge in [-0.3, -0.25) is 0 Å². The maximum Gasteiger partial charge on any atom is 0.0220 e. The van der Waals surface area contributed by atoms with Crippen LogP contribution in [0.2, 0.25) is 0 Å². The summed E-state index contributed by atoms with van der Waals surface area (Å²) in [4.78, 5) is 0. The van der Waals surface area contributed by atoms with Crippen molar-refractivity contribution in [2.45, 2.75) is 32.9 Å². The van der Waals surface area contributed by atoms with Gasteiger partial charge >= 0.3 is 0 Å². The third kappa shape index (κ3) is 3.49. The summed E-state index contributed by atoms with van der Waals surface area (Å²) >= 11 is 5.68. The fraction of sp³-hybridized carbons (Fsp3) is 0.571. The zero-order valence-corrected chi connectivity index (χ0v) is 12.9. The summed E-state index contributed by atoms with van der Waals surface area (Å²) in [5.41, 5.74) is 1.77. The van der Waals surface area contributed by atoms with Crippen LogP contribution in [0.1, 0.15) is 25.8 Å². The molecule has 1 saturated heterocycles. The molecule has 2 rings (SSSR count). The minimum atomic E-state index is 0.423. The number of hydrogen-bond acceptors (Lipinski definition) is 2. The molecule has 1 heterocycles. The van der Waals surface area contributed by atoms with Gasteiger partial charge in [0.15, 0.2) is 0 Å². The molecule has 1 aliphatic heterocycles. The molecule has 1 aliphatic rings. The zero-order chi connectivity index (χ0) is 12.3. The summed E-state index contributed by atoms with van der Waals surface area (Å²) in [5, 5.41) is 3.72. The van der Waals surface area contributed by atoms with Gasteiger partial charge in [-0.1, -0.05) is 48.0 Å². The van der Waals surface area contributed by atoms with Crippen molar-refractivity contribution in [3.63, 3.8) is 0 Å². The first-order valence-electron chi connectivity index (χ1n) is 6.14. The average molecular weight is 314 g/mol. The van der Waals surface area contributed by atoms with Gasteiger partial charge in [-0.15, -0.1) is 0 Å². The Morgan fingerprint density at radius 1 is 1.41 bits per heavy atom. The molecule has 0 amide bonds. The fourth-order valence-corrected chi connectivity index (χ4v) is 4.21. The topological polar surface area (TPSA) is 12.0 Å². The molecule has 17 heavy (non-hydrogen) atoms. The van der Waals surface area contributed by atoms with E-state index in [4.69, 9.17) is 0 Å². The Morgan fingerprint density at radius 2 is 2.18 bits per heavy atom. The van der Waals surface area contributed by atoms with Gasteiger partial charge in [0.2, 0.25) is 0 Å². The molecule has 1 fully saturated rings. The minimum absolute atomic E-state index is 0.423. The standard InChI is InChI=1S/C14H20BrNS/c1-14(2)7-8-17-10-13(14)16-9-11-5-3-4-6-12(11)15/h3-6,13,16H,7-10H2,1-2H3. The molecule has 1 atom stereocenters. The van der Waals surface area contributed by atoms with E-state index in [1.807, 2.05) is 0 Å². The van der Waals surface area contributed by atoms with Crippen molar-refractivity contribution < 1.29 is 0 Å². The summed E-state index contributed by atoms with van der Waals surface area (Å²) in [6.07, 6.45) is 1.31. The first kappa shape index (κ1) is 13.4. The largest absolute Gasteiger partial charge is 0.309 e. The predicted octanol–water partition coefficient (Wildman–Crippen LogP) is 4.07. The van der Waals surface area contributed by atoms with Gasteiger partial charge in [0.25, 0.3) is 0 Å². The summed E-state index contributed by atoms with van der Waals surface area (Å²) in [6.45, 7) is 5.71. The smallest absolute Gasteiger partial charge is 0.0220 e. The highest BCUT2D eigenvalue weighted by atomic mass is 79.9. The lowest BCUT2D eigenvalue weighted by Crippen LogP contribution is -2.46. The quantitative estimate of drug-likeness (QED) is 0.902. The molecule has 0 spiro atoms. The van der Waals surface area contributed by atoms with Crippen molar-refractivity contribution in [2.75, 3.05) is 11.5 Å². The van der Waals surface area contributed by atoms with Crippen LogP contribution < -0.4 is 5.32 Å². The molecule has 1 unspecified atom stereocenters. The third-order valence-corrected chi connectivity index (χ3v) is 5.45. The van der Waals surface area contributed by atoms with Crippen molar-refractivity contribution in [3.05, 3.63) is 34.3 Å². The lowest BCUT2D eigenvalue weighted by atomic mass is 9.82. The minimum Gasteiger partial charge on any atom is -0.309 e. The van der Waals surface area contributed by atoms with Crippen LogP contribution in [-0.4, -0.2) is 17.5 Å². The second kappa shape index (κ2) is 5.77. The van der Waals surface area contributed by atoms with Gasteiger partial charge in [0.05, 0.1) is 0 Å². The summed E-state index contributed by atoms with van der Waals surface area (Å²) < 4.78 is 1.20.